The molecule has 1 aliphatic carbocycles. The molecular formula is C16H22F2N2O2. The molecule has 0 unspecified atom stereocenters. The molecule has 0 heterocycles. The average Bonchev–Trinajstić information content (AvgIpc) is 3.14. The van der Waals surface area contributed by atoms with Crippen LogP contribution in [-0.2, 0) is 5.41 Å². The highest BCUT2D eigenvalue weighted by atomic mass is 19.1. The third-order valence-corrected chi connectivity index (χ3v) is 3.90. The third kappa shape index (κ3) is 3.94. The minimum Gasteiger partial charge on any atom is -0.389 e. The summed E-state index contributed by atoms with van der Waals surface area (Å²) in [6.07, 6.45) is 1.51. The highest BCUT2D eigenvalue weighted by molar-refractivity contribution is 5.74. The van der Waals surface area contributed by atoms with E-state index < -0.39 is 22.7 Å². The summed E-state index contributed by atoms with van der Waals surface area (Å²) in [4.78, 5) is 13.4. The first-order valence-corrected chi connectivity index (χ1v) is 7.30. The maximum absolute atomic E-state index is 13.9. The van der Waals surface area contributed by atoms with Gasteiger partial charge in [-0.2, -0.15) is 0 Å². The van der Waals surface area contributed by atoms with Crippen LogP contribution in [0.5, 0.6) is 0 Å². The van der Waals surface area contributed by atoms with Crippen LogP contribution in [0.25, 0.3) is 0 Å². The fourth-order valence-corrected chi connectivity index (χ4v) is 2.64. The van der Waals surface area contributed by atoms with Crippen molar-refractivity contribution in [2.75, 3.05) is 20.1 Å². The van der Waals surface area contributed by atoms with Crippen molar-refractivity contribution >= 4 is 6.03 Å². The molecule has 1 aromatic rings. The lowest BCUT2D eigenvalue weighted by Gasteiger charge is -2.27. The van der Waals surface area contributed by atoms with E-state index in [0.29, 0.717) is 12.1 Å². The number of likely N-dealkylation sites (N-methyl/N-ethyl adjacent to an activating group) is 1. The summed E-state index contributed by atoms with van der Waals surface area (Å²) in [6.45, 7) is 3.72. The molecule has 1 aliphatic rings. The van der Waals surface area contributed by atoms with Gasteiger partial charge in [-0.3, -0.25) is 0 Å². The number of nitrogens with zero attached hydrogens (tertiary/aromatic N) is 1. The summed E-state index contributed by atoms with van der Waals surface area (Å²) >= 11 is 0. The van der Waals surface area contributed by atoms with E-state index >= 15 is 0 Å². The minimum atomic E-state index is -0.980. The number of benzene rings is 1. The zero-order chi connectivity index (χ0) is 16.5. The van der Waals surface area contributed by atoms with Crippen LogP contribution in [-0.4, -0.2) is 41.8 Å². The monoisotopic (exact) mass is 312 g/mol. The number of amides is 2. The molecule has 2 rings (SSSR count). The van der Waals surface area contributed by atoms with Crippen LogP contribution in [0.15, 0.2) is 18.2 Å². The van der Waals surface area contributed by atoms with E-state index in [9.17, 15) is 18.7 Å². The maximum atomic E-state index is 13.9. The first kappa shape index (κ1) is 16.7. The zero-order valence-corrected chi connectivity index (χ0v) is 13.1. The largest absolute Gasteiger partial charge is 0.389 e. The van der Waals surface area contributed by atoms with Crippen LogP contribution in [0.3, 0.4) is 0 Å². The van der Waals surface area contributed by atoms with Gasteiger partial charge in [-0.25, -0.2) is 13.6 Å². The van der Waals surface area contributed by atoms with Gasteiger partial charge in [-0.15, -0.1) is 0 Å². The van der Waals surface area contributed by atoms with E-state index in [1.807, 2.05) is 0 Å². The van der Waals surface area contributed by atoms with Gasteiger partial charge in [0.2, 0.25) is 0 Å². The van der Waals surface area contributed by atoms with Gasteiger partial charge in [-0.1, -0.05) is 6.07 Å². The second-order valence-corrected chi connectivity index (χ2v) is 6.73. The van der Waals surface area contributed by atoms with E-state index in [4.69, 9.17) is 0 Å². The summed E-state index contributed by atoms with van der Waals surface area (Å²) in [5.74, 6) is -1.18. The number of hydrogen-bond acceptors (Lipinski definition) is 2. The Morgan fingerprint density at radius 3 is 2.55 bits per heavy atom. The van der Waals surface area contributed by atoms with Crippen LogP contribution in [0.2, 0.25) is 0 Å². The number of aliphatic hydroxyl groups is 1. The number of rotatable bonds is 5. The molecule has 0 aromatic heterocycles. The van der Waals surface area contributed by atoms with Gasteiger partial charge in [0.05, 0.1) is 12.1 Å². The predicted octanol–water partition coefficient (Wildman–Crippen LogP) is 2.41. The van der Waals surface area contributed by atoms with Crippen molar-refractivity contribution in [3.8, 4) is 0 Å². The zero-order valence-electron chi connectivity index (χ0n) is 13.1. The van der Waals surface area contributed by atoms with Crippen molar-refractivity contribution in [3.63, 3.8) is 0 Å². The molecule has 0 spiro atoms. The normalized spacial score (nSPS) is 16.3. The lowest BCUT2D eigenvalue weighted by Crippen LogP contribution is -2.46. The molecule has 0 saturated heterocycles. The van der Waals surface area contributed by atoms with Gasteiger partial charge in [0, 0.05) is 25.1 Å². The van der Waals surface area contributed by atoms with Crippen LogP contribution in [0, 0.1) is 11.6 Å². The molecular weight excluding hydrogens is 290 g/mol. The molecule has 1 saturated carbocycles. The SMILES string of the molecule is CN(CC(C)(C)O)C(=O)NCC1(c2ccc(F)cc2F)CC1. The fourth-order valence-electron chi connectivity index (χ4n) is 2.64. The highest BCUT2D eigenvalue weighted by Crippen LogP contribution is 2.48. The highest BCUT2D eigenvalue weighted by Gasteiger charge is 2.46. The summed E-state index contributed by atoms with van der Waals surface area (Å²) in [5.41, 5.74) is -0.977. The maximum Gasteiger partial charge on any atom is 0.317 e. The van der Waals surface area contributed by atoms with Crippen molar-refractivity contribution in [2.45, 2.75) is 37.7 Å². The van der Waals surface area contributed by atoms with Crippen LogP contribution >= 0.6 is 0 Å². The summed E-state index contributed by atoms with van der Waals surface area (Å²) in [7, 11) is 1.59. The van der Waals surface area contributed by atoms with Gasteiger partial charge in [0.15, 0.2) is 0 Å². The van der Waals surface area contributed by atoms with E-state index in [-0.39, 0.29) is 12.6 Å². The van der Waals surface area contributed by atoms with Crippen LogP contribution in [0.1, 0.15) is 32.3 Å². The molecule has 2 amide bonds. The lowest BCUT2D eigenvalue weighted by molar-refractivity contribution is 0.0531. The molecule has 4 nitrogen and oxygen atoms in total. The molecule has 0 atom stereocenters. The molecule has 0 radical (unpaired) electrons. The Morgan fingerprint density at radius 2 is 2.05 bits per heavy atom. The number of halogens is 2. The van der Waals surface area contributed by atoms with Gasteiger partial charge >= 0.3 is 6.03 Å². The molecule has 2 N–H and O–H groups in total. The average molecular weight is 312 g/mol. The summed E-state index contributed by atoms with van der Waals surface area (Å²) in [6, 6.07) is 3.24. The van der Waals surface area contributed by atoms with Crippen LogP contribution in [0.4, 0.5) is 13.6 Å². The molecule has 122 valence electrons. The van der Waals surface area contributed by atoms with Crippen molar-refractivity contribution in [1.29, 1.82) is 0 Å². The molecule has 1 aromatic carbocycles. The van der Waals surface area contributed by atoms with E-state index in [1.165, 1.54) is 17.0 Å². The lowest BCUT2D eigenvalue weighted by atomic mass is 9.95. The smallest absolute Gasteiger partial charge is 0.317 e. The van der Waals surface area contributed by atoms with Gasteiger partial charge in [0.25, 0.3) is 0 Å². The Balaban J connectivity index is 1.97. The first-order chi connectivity index (χ1) is 10.1. The predicted molar refractivity (Wildman–Crippen MR) is 79.6 cm³/mol. The van der Waals surface area contributed by atoms with Crippen LogP contribution < -0.4 is 5.32 Å². The third-order valence-electron chi connectivity index (χ3n) is 3.90. The molecule has 0 aliphatic heterocycles. The number of nitrogens with one attached hydrogen (secondary N) is 1. The second kappa shape index (κ2) is 5.83. The second-order valence-electron chi connectivity index (χ2n) is 6.73. The topological polar surface area (TPSA) is 52.6 Å². The minimum absolute atomic E-state index is 0.191. The number of hydrogen-bond donors (Lipinski definition) is 2. The number of carbonyl (C=O) groups excluding carboxylic acids is 1. The van der Waals surface area contributed by atoms with E-state index in [0.717, 1.165) is 18.9 Å². The quantitative estimate of drug-likeness (QED) is 0.877. The Kier molecular flexibility index (Phi) is 4.42. The summed E-state index contributed by atoms with van der Waals surface area (Å²) in [5, 5.41) is 12.5. The molecule has 0 bridgehead atoms. The first-order valence-electron chi connectivity index (χ1n) is 7.30. The van der Waals surface area contributed by atoms with Crippen molar-refractivity contribution in [3.05, 3.63) is 35.4 Å². The Morgan fingerprint density at radius 1 is 1.41 bits per heavy atom. The summed E-state index contributed by atoms with van der Waals surface area (Å²) < 4.78 is 26.9. The number of urea groups is 1. The number of carbonyl (C=O) groups is 1. The van der Waals surface area contributed by atoms with Gasteiger partial charge < -0.3 is 15.3 Å². The van der Waals surface area contributed by atoms with Crippen molar-refractivity contribution in [1.82, 2.24) is 10.2 Å². The van der Waals surface area contributed by atoms with E-state index in [1.54, 1.807) is 20.9 Å². The Bertz CT molecular complexity index is 566. The van der Waals surface area contributed by atoms with Gasteiger partial charge in [-0.05, 0) is 38.3 Å². The standard InChI is InChI=1S/C16H22F2N2O2/c1-15(2,22)10-20(3)14(21)19-9-16(6-7-16)12-5-4-11(17)8-13(12)18/h4-5,8,22H,6-7,9-10H2,1-3H3,(H,19,21). The molecule has 1 fully saturated rings. The van der Waals surface area contributed by atoms with Crippen molar-refractivity contribution < 1.29 is 18.7 Å². The molecule has 22 heavy (non-hydrogen) atoms. The van der Waals surface area contributed by atoms with E-state index in [2.05, 4.69) is 5.32 Å². The molecule has 6 heteroatoms. The van der Waals surface area contributed by atoms with Crippen molar-refractivity contribution in [2.24, 2.45) is 0 Å². The fraction of sp³-hybridized carbons (Fsp3) is 0.562. The Hall–Kier alpha value is -1.69. The Labute approximate surface area is 129 Å². The van der Waals surface area contributed by atoms with Gasteiger partial charge in [0.1, 0.15) is 11.6 Å².